The Bertz CT molecular complexity index is 1140. The van der Waals surface area contributed by atoms with Gasteiger partial charge in [-0.2, -0.15) is 9.94 Å². The fourth-order valence-electron chi connectivity index (χ4n) is 3.12. The molecule has 1 aromatic heterocycles. The van der Waals surface area contributed by atoms with Gasteiger partial charge in [-0.1, -0.05) is 41.4 Å². The van der Waals surface area contributed by atoms with Crippen molar-refractivity contribution in [3.05, 3.63) is 68.7 Å². The number of tetrazole rings is 1. The Kier molecular flexibility index (Phi) is 6.23. The van der Waals surface area contributed by atoms with Crippen LogP contribution in [0.25, 0.3) is 0 Å². The highest BCUT2D eigenvalue weighted by Crippen LogP contribution is 2.37. The zero-order chi connectivity index (χ0) is 21.3. The number of hydrogen-bond donors (Lipinski definition) is 2. The Labute approximate surface area is 177 Å². The van der Waals surface area contributed by atoms with Gasteiger partial charge in [-0.05, 0) is 54.8 Å². The number of hydrogen-bond acceptors (Lipinski definition) is 5. The summed E-state index contributed by atoms with van der Waals surface area (Å²) in [5.74, 6) is -1.32. The van der Waals surface area contributed by atoms with E-state index in [1.165, 1.54) is 6.07 Å². The van der Waals surface area contributed by atoms with Gasteiger partial charge in [-0.25, -0.2) is 12.8 Å². The number of nitrogens with one attached hydrogen (secondary N) is 2. The highest BCUT2D eigenvalue weighted by atomic mass is 35.5. The van der Waals surface area contributed by atoms with Gasteiger partial charge in [0.1, 0.15) is 10.7 Å². The molecule has 0 saturated heterocycles. The third-order valence-corrected chi connectivity index (χ3v) is 6.81. The second kappa shape index (κ2) is 8.35. The monoisotopic (exact) mass is 457 g/mol. The van der Waals surface area contributed by atoms with E-state index < -0.39 is 32.7 Å². The van der Waals surface area contributed by atoms with Crippen LogP contribution in [0.15, 0.2) is 35.2 Å². The maximum absolute atomic E-state index is 14.2. The number of sulfonamides is 1. The topological polar surface area (TPSA) is 101 Å². The Morgan fingerprint density at radius 1 is 1.17 bits per heavy atom. The van der Waals surface area contributed by atoms with Gasteiger partial charge in [0.2, 0.25) is 10.0 Å². The minimum Gasteiger partial charge on any atom is -0.207 e. The largest absolute Gasteiger partial charge is 0.244 e. The van der Waals surface area contributed by atoms with E-state index in [1.807, 2.05) is 19.9 Å². The van der Waals surface area contributed by atoms with E-state index >= 15 is 0 Å². The number of H-pyrrole nitrogens is 1. The normalized spacial score (nSPS) is 14.0. The van der Waals surface area contributed by atoms with E-state index in [1.54, 1.807) is 13.0 Å². The lowest BCUT2D eigenvalue weighted by Crippen LogP contribution is -2.33. The van der Waals surface area contributed by atoms with E-state index in [-0.39, 0.29) is 10.8 Å². The molecule has 0 bridgehead atoms. The molecule has 3 rings (SSSR count). The first-order valence-electron chi connectivity index (χ1n) is 8.58. The van der Waals surface area contributed by atoms with Crippen molar-refractivity contribution in [3.63, 3.8) is 0 Å². The van der Waals surface area contributed by atoms with Gasteiger partial charge in [-0.15, -0.1) is 10.2 Å². The summed E-state index contributed by atoms with van der Waals surface area (Å²) in [6.07, 6.45) is 0. The van der Waals surface area contributed by atoms with E-state index in [0.717, 1.165) is 28.8 Å². The highest BCUT2D eigenvalue weighted by molar-refractivity contribution is 7.89. The predicted molar refractivity (Wildman–Crippen MR) is 108 cm³/mol. The molecule has 0 spiro atoms. The molecule has 0 fully saturated rings. The molecule has 3 aromatic rings. The smallest absolute Gasteiger partial charge is 0.207 e. The summed E-state index contributed by atoms with van der Waals surface area (Å²) in [6, 6.07) is 5.96. The van der Waals surface area contributed by atoms with Crippen LogP contribution in [0.3, 0.4) is 0 Å². The molecule has 0 aliphatic heterocycles. The van der Waals surface area contributed by atoms with Crippen LogP contribution in [0.2, 0.25) is 10.0 Å². The van der Waals surface area contributed by atoms with Crippen LogP contribution in [0.4, 0.5) is 4.39 Å². The number of aromatic nitrogens is 4. The summed E-state index contributed by atoms with van der Waals surface area (Å²) < 4.78 is 42.6. The third-order valence-electron chi connectivity index (χ3n) is 4.79. The zero-order valence-electron chi connectivity index (χ0n) is 15.7. The quantitative estimate of drug-likeness (QED) is 0.580. The van der Waals surface area contributed by atoms with Crippen LogP contribution in [0.5, 0.6) is 0 Å². The van der Waals surface area contributed by atoms with Crippen molar-refractivity contribution in [2.45, 2.75) is 37.6 Å². The van der Waals surface area contributed by atoms with Gasteiger partial charge in [-0.3, -0.25) is 0 Å². The van der Waals surface area contributed by atoms with E-state index in [4.69, 9.17) is 23.2 Å². The number of aryl methyl sites for hydroxylation is 1. The summed E-state index contributed by atoms with van der Waals surface area (Å²) in [5, 5.41) is 14.2. The van der Waals surface area contributed by atoms with Crippen molar-refractivity contribution in [2.24, 2.45) is 0 Å². The molecule has 2 atom stereocenters. The summed E-state index contributed by atoms with van der Waals surface area (Å²) in [5.41, 5.74) is 2.63. The Balaban J connectivity index is 2.08. The van der Waals surface area contributed by atoms with Gasteiger partial charge < -0.3 is 0 Å². The maximum atomic E-state index is 14.2. The molecule has 0 aliphatic rings. The Hall–Kier alpha value is -2.07. The molecule has 2 aromatic carbocycles. The minimum atomic E-state index is -4.30. The Morgan fingerprint density at radius 3 is 2.55 bits per heavy atom. The number of aromatic amines is 1. The van der Waals surface area contributed by atoms with Gasteiger partial charge in [0.05, 0.1) is 6.04 Å². The van der Waals surface area contributed by atoms with E-state index in [2.05, 4.69) is 25.3 Å². The first-order chi connectivity index (χ1) is 13.6. The van der Waals surface area contributed by atoms with Crippen LogP contribution < -0.4 is 4.72 Å². The fourth-order valence-corrected chi connectivity index (χ4v) is 5.11. The van der Waals surface area contributed by atoms with Crippen molar-refractivity contribution < 1.29 is 12.8 Å². The fraction of sp³-hybridized carbons (Fsp3) is 0.278. The first kappa shape index (κ1) is 21.6. The van der Waals surface area contributed by atoms with Crippen molar-refractivity contribution in [2.75, 3.05) is 0 Å². The van der Waals surface area contributed by atoms with Crippen LogP contribution in [0, 0.1) is 19.7 Å². The molecule has 0 saturated carbocycles. The lowest BCUT2D eigenvalue weighted by molar-refractivity contribution is 0.491. The number of halogens is 3. The second-order valence-electron chi connectivity index (χ2n) is 6.64. The standard InChI is InChI=1S/C18H18Cl2FN5O2S/c1-9-4-6-13(20)16(10(9)2)11(3)17(18-22-25-26-23-18)24-29(27,28)15-8-12(19)5-7-14(15)21/h4-8,11,17,24H,1-3H3,(H,22,23,25,26)/t11-,17+/m1/s1. The van der Waals surface area contributed by atoms with Gasteiger partial charge in [0.15, 0.2) is 5.82 Å². The molecule has 1 heterocycles. The number of nitrogens with zero attached hydrogens (tertiary/aromatic N) is 3. The molecule has 0 aliphatic carbocycles. The molecule has 29 heavy (non-hydrogen) atoms. The Morgan fingerprint density at radius 2 is 1.90 bits per heavy atom. The van der Waals surface area contributed by atoms with Gasteiger partial charge in [0, 0.05) is 16.0 Å². The molecule has 0 unspecified atom stereocenters. The molecule has 0 amide bonds. The molecule has 154 valence electrons. The molecule has 11 heteroatoms. The van der Waals surface area contributed by atoms with Crippen molar-refractivity contribution in [1.82, 2.24) is 25.3 Å². The minimum absolute atomic E-state index is 0.0912. The van der Waals surface area contributed by atoms with Crippen LogP contribution in [-0.4, -0.2) is 29.0 Å². The molecular weight excluding hydrogens is 440 g/mol. The van der Waals surface area contributed by atoms with Gasteiger partial charge >= 0.3 is 0 Å². The first-order valence-corrected chi connectivity index (χ1v) is 10.8. The average Bonchev–Trinajstić information content (AvgIpc) is 3.19. The highest BCUT2D eigenvalue weighted by Gasteiger charge is 2.33. The molecule has 7 nitrogen and oxygen atoms in total. The maximum Gasteiger partial charge on any atom is 0.244 e. The van der Waals surface area contributed by atoms with Crippen molar-refractivity contribution >= 4 is 33.2 Å². The predicted octanol–water partition coefficient (Wildman–Crippen LogP) is 4.09. The van der Waals surface area contributed by atoms with Gasteiger partial charge in [0.25, 0.3) is 0 Å². The van der Waals surface area contributed by atoms with Crippen LogP contribution in [-0.2, 0) is 10.0 Å². The number of benzene rings is 2. The second-order valence-corrected chi connectivity index (χ2v) is 9.16. The van der Waals surface area contributed by atoms with Crippen LogP contribution >= 0.6 is 23.2 Å². The molecular formula is C18H18Cl2FN5O2S. The summed E-state index contributed by atoms with van der Waals surface area (Å²) in [4.78, 5) is -0.572. The third kappa shape index (κ3) is 4.42. The SMILES string of the molecule is Cc1ccc(Cl)c([C@@H](C)[C@H](NS(=O)(=O)c2cc(Cl)ccc2F)c2nn[nH]n2)c1C. The number of rotatable bonds is 6. The molecule has 0 radical (unpaired) electrons. The van der Waals surface area contributed by atoms with Crippen molar-refractivity contribution in [1.29, 1.82) is 0 Å². The average molecular weight is 458 g/mol. The van der Waals surface area contributed by atoms with Crippen molar-refractivity contribution in [3.8, 4) is 0 Å². The van der Waals surface area contributed by atoms with Crippen LogP contribution in [0.1, 0.15) is 41.4 Å². The summed E-state index contributed by atoms with van der Waals surface area (Å²) in [6.45, 7) is 5.60. The van der Waals surface area contributed by atoms with E-state index in [9.17, 15) is 12.8 Å². The lowest BCUT2D eigenvalue weighted by Gasteiger charge is -2.25. The van der Waals surface area contributed by atoms with E-state index in [0.29, 0.717) is 5.02 Å². The zero-order valence-corrected chi connectivity index (χ0v) is 18.1. The summed E-state index contributed by atoms with van der Waals surface area (Å²) in [7, 11) is -4.30. The molecule has 2 N–H and O–H groups in total. The summed E-state index contributed by atoms with van der Waals surface area (Å²) >= 11 is 12.3. The lowest BCUT2D eigenvalue weighted by atomic mass is 9.88.